The second kappa shape index (κ2) is 10.1. The Bertz CT molecular complexity index is 987. The van der Waals surface area contributed by atoms with Crippen LogP contribution in [0.25, 0.3) is 11.1 Å². The van der Waals surface area contributed by atoms with Crippen molar-refractivity contribution in [2.45, 2.75) is 58.0 Å². The monoisotopic (exact) mass is 452 g/mol. The van der Waals surface area contributed by atoms with Crippen molar-refractivity contribution in [3.8, 4) is 11.1 Å². The Balaban J connectivity index is 1.62. The molecule has 0 bridgehead atoms. The van der Waals surface area contributed by atoms with Crippen LogP contribution < -0.4 is 5.32 Å². The van der Waals surface area contributed by atoms with Gasteiger partial charge in [0.05, 0.1) is 0 Å². The minimum Gasteiger partial charge on any atom is -0.480 e. The summed E-state index contributed by atoms with van der Waals surface area (Å²) in [5, 5.41) is 12.2. The lowest BCUT2D eigenvalue weighted by molar-refractivity contribution is -0.156. The molecule has 2 amide bonds. The van der Waals surface area contributed by atoms with Crippen molar-refractivity contribution in [2.75, 3.05) is 13.2 Å². The molecule has 0 aromatic heterocycles. The van der Waals surface area contributed by atoms with Gasteiger partial charge in [0.1, 0.15) is 12.1 Å². The van der Waals surface area contributed by atoms with Gasteiger partial charge < -0.3 is 20.1 Å². The number of benzene rings is 2. The summed E-state index contributed by atoms with van der Waals surface area (Å²) in [5.41, 5.74) is 3.24. The van der Waals surface area contributed by atoms with Crippen molar-refractivity contribution >= 4 is 18.0 Å². The van der Waals surface area contributed by atoms with E-state index in [2.05, 4.69) is 29.6 Å². The van der Waals surface area contributed by atoms with Crippen molar-refractivity contribution in [1.29, 1.82) is 0 Å². The lowest BCUT2D eigenvalue weighted by Gasteiger charge is -2.35. The first-order chi connectivity index (χ1) is 15.7. The van der Waals surface area contributed by atoms with Gasteiger partial charge in [-0.25, -0.2) is 9.59 Å². The molecule has 0 saturated heterocycles. The molecule has 0 heterocycles. The third kappa shape index (κ3) is 5.02. The molecule has 1 aliphatic rings. The quantitative estimate of drug-likeness (QED) is 0.588. The molecule has 2 N–H and O–H groups in total. The standard InChI is InChI=1S/C26H32N2O5/c1-5-17(15-23(29)28(6-2)26(3,4)24(30)31)27-25(32)33-16-22-20-13-9-7-11-18(20)19-12-8-10-14-21(19)22/h7-14,17,22H,5-6,15-16H2,1-4H3,(H,27,32)(H,30,31)/t17-/m1/s1. The Morgan fingerprint density at radius 1 is 1.03 bits per heavy atom. The first-order valence-corrected chi connectivity index (χ1v) is 11.4. The van der Waals surface area contributed by atoms with Crippen LogP contribution in [-0.2, 0) is 14.3 Å². The molecule has 0 aliphatic heterocycles. The van der Waals surface area contributed by atoms with Gasteiger partial charge in [-0.05, 0) is 49.4 Å². The van der Waals surface area contributed by atoms with Crippen molar-refractivity contribution < 1.29 is 24.2 Å². The molecule has 0 unspecified atom stereocenters. The van der Waals surface area contributed by atoms with Crippen LogP contribution in [0.2, 0.25) is 0 Å². The Labute approximate surface area is 194 Å². The lowest BCUT2D eigenvalue weighted by Crippen LogP contribution is -2.54. The third-order valence-electron chi connectivity index (χ3n) is 6.39. The molecule has 0 fully saturated rings. The highest BCUT2D eigenvalue weighted by molar-refractivity contribution is 5.87. The molecule has 3 rings (SSSR count). The molecule has 1 atom stereocenters. The average Bonchev–Trinajstić information content (AvgIpc) is 3.11. The number of likely N-dealkylation sites (N-methyl/N-ethyl adjacent to an activating group) is 1. The summed E-state index contributed by atoms with van der Waals surface area (Å²) in [6.07, 6.45) is -0.0660. The normalized spacial score (nSPS) is 13.6. The maximum Gasteiger partial charge on any atom is 0.407 e. The summed E-state index contributed by atoms with van der Waals surface area (Å²) < 4.78 is 5.58. The van der Waals surface area contributed by atoms with Gasteiger partial charge in [-0.2, -0.15) is 0 Å². The van der Waals surface area contributed by atoms with E-state index in [4.69, 9.17) is 4.74 Å². The minimum absolute atomic E-state index is 0.00520. The molecule has 2 aromatic rings. The number of hydrogen-bond acceptors (Lipinski definition) is 4. The highest BCUT2D eigenvalue weighted by Crippen LogP contribution is 2.44. The number of nitrogens with zero attached hydrogens (tertiary/aromatic N) is 1. The SMILES string of the molecule is CC[C@H](CC(=O)N(CC)C(C)(C)C(=O)O)NC(=O)OCC1c2ccccc2-c2ccccc21. The van der Waals surface area contributed by atoms with Crippen molar-refractivity contribution in [2.24, 2.45) is 0 Å². The zero-order valence-electron chi connectivity index (χ0n) is 19.6. The Kier molecular flexibility index (Phi) is 7.41. The minimum atomic E-state index is -1.33. The van der Waals surface area contributed by atoms with Crippen molar-refractivity contribution in [1.82, 2.24) is 10.2 Å². The highest BCUT2D eigenvalue weighted by atomic mass is 16.5. The molecule has 33 heavy (non-hydrogen) atoms. The Morgan fingerprint density at radius 2 is 1.58 bits per heavy atom. The summed E-state index contributed by atoms with van der Waals surface area (Å²) in [6.45, 7) is 7.05. The fourth-order valence-corrected chi connectivity index (χ4v) is 4.42. The second-order valence-electron chi connectivity index (χ2n) is 8.78. The Hall–Kier alpha value is -3.35. The fourth-order valence-electron chi connectivity index (χ4n) is 4.42. The summed E-state index contributed by atoms with van der Waals surface area (Å²) in [4.78, 5) is 38.2. The molecule has 0 radical (unpaired) electrons. The lowest BCUT2D eigenvalue weighted by atomic mass is 9.98. The predicted molar refractivity (Wildman–Crippen MR) is 126 cm³/mol. The van der Waals surface area contributed by atoms with Gasteiger partial charge in [0, 0.05) is 24.9 Å². The van der Waals surface area contributed by atoms with E-state index in [9.17, 15) is 19.5 Å². The van der Waals surface area contributed by atoms with E-state index in [1.807, 2.05) is 31.2 Å². The number of aliphatic carboxylic acids is 1. The van der Waals surface area contributed by atoms with Crippen LogP contribution in [0.5, 0.6) is 0 Å². The van der Waals surface area contributed by atoms with Crippen molar-refractivity contribution in [3.63, 3.8) is 0 Å². The average molecular weight is 453 g/mol. The number of ether oxygens (including phenoxy) is 1. The van der Waals surface area contributed by atoms with Crippen LogP contribution >= 0.6 is 0 Å². The predicted octanol–water partition coefficient (Wildman–Crippen LogP) is 4.41. The number of amides is 2. The third-order valence-corrected chi connectivity index (χ3v) is 6.39. The van der Waals surface area contributed by atoms with E-state index in [0.29, 0.717) is 6.42 Å². The highest BCUT2D eigenvalue weighted by Gasteiger charge is 2.37. The maximum absolute atomic E-state index is 12.8. The first kappa shape index (κ1) is 24.3. The van der Waals surface area contributed by atoms with E-state index >= 15 is 0 Å². The molecule has 2 aromatic carbocycles. The van der Waals surface area contributed by atoms with Crippen LogP contribution in [0.3, 0.4) is 0 Å². The summed E-state index contributed by atoms with van der Waals surface area (Å²) in [5.74, 6) is -1.44. The summed E-state index contributed by atoms with van der Waals surface area (Å²) in [6, 6.07) is 15.8. The van der Waals surface area contributed by atoms with Gasteiger partial charge >= 0.3 is 12.1 Å². The van der Waals surface area contributed by atoms with Crippen molar-refractivity contribution in [3.05, 3.63) is 59.7 Å². The van der Waals surface area contributed by atoms with E-state index in [1.54, 1.807) is 6.92 Å². The molecule has 0 saturated carbocycles. The van der Waals surface area contributed by atoms with Gasteiger partial charge in [-0.3, -0.25) is 4.79 Å². The molecular formula is C26H32N2O5. The van der Waals surface area contributed by atoms with Gasteiger partial charge in [0.15, 0.2) is 0 Å². The van der Waals surface area contributed by atoms with Crippen LogP contribution in [0, 0.1) is 0 Å². The summed E-state index contributed by atoms with van der Waals surface area (Å²) >= 11 is 0. The largest absolute Gasteiger partial charge is 0.480 e. The number of carbonyl (C=O) groups is 3. The van der Waals surface area contributed by atoms with Crippen LogP contribution in [0.15, 0.2) is 48.5 Å². The first-order valence-electron chi connectivity index (χ1n) is 11.4. The number of carboxylic acids is 1. The number of alkyl carbamates (subject to hydrolysis) is 1. The van der Waals surface area contributed by atoms with E-state index < -0.39 is 23.6 Å². The number of fused-ring (bicyclic) bond motifs is 3. The summed E-state index contributed by atoms with van der Waals surface area (Å²) in [7, 11) is 0. The number of carboxylic acid groups (broad SMARTS) is 1. The zero-order chi connectivity index (χ0) is 24.2. The topological polar surface area (TPSA) is 95.9 Å². The fraction of sp³-hybridized carbons (Fsp3) is 0.423. The van der Waals surface area contributed by atoms with E-state index in [-0.39, 0.29) is 31.4 Å². The Morgan fingerprint density at radius 3 is 2.06 bits per heavy atom. The van der Waals surface area contributed by atoms with Gasteiger partial charge in [-0.1, -0.05) is 55.5 Å². The molecular weight excluding hydrogens is 420 g/mol. The van der Waals surface area contributed by atoms with Gasteiger partial charge in [-0.15, -0.1) is 0 Å². The molecule has 7 heteroatoms. The van der Waals surface area contributed by atoms with Gasteiger partial charge in [0.2, 0.25) is 5.91 Å². The molecule has 176 valence electrons. The van der Waals surface area contributed by atoms with Crippen LogP contribution in [0.1, 0.15) is 57.6 Å². The second-order valence-corrected chi connectivity index (χ2v) is 8.78. The van der Waals surface area contributed by atoms with Crippen LogP contribution in [0.4, 0.5) is 4.79 Å². The molecule has 7 nitrogen and oxygen atoms in total. The van der Waals surface area contributed by atoms with E-state index in [1.165, 1.54) is 18.7 Å². The van der Waals surface area contributed by atoms with Crippen LogP contribution in [-0.4, -0.2) is 52.7 Å². The smallest absolute Gasteiger partial charge is 0.407 e. The van der Waals surface area contributed by atoms with Gasteiger partial charge in [0.25, 0.3) is 0 Å². The molecule has 0 spiro atoms. The number of nitrogens with one attached hydrogen (secondary N) is 1. The maximum atomic E-state index is 12.8. The number of carbonyl (C=O) groups excluding carboxylic acids is 2. The number of rotatable bonds is 9. The van der Waals surface area contributed by atoms with E-state index in [0.717, 1.165) is 22.3 Å². The number of hydrogen-bond donors (Lipinski definition) is 2. The molecule has 1 aliphatic carbocycles. The zero-order valence-corrected chi connectivity index (χ0v) is 19.6.